The van der Waals surface area contributed by atoms with Crippen LogP contribution in [0.4, 0.5) is 0 Å². The van der Waals surface area contributed by atoms with Gasteiger partial charge < -0.3 is 9.47 Å². The summed E-state index contributed by atoms with van der Waals surface area (Å²) in [5, 5.41) is 7.22. The first-order valence-corrected chi connectivity index (χ1v) is 11.6. The predicted octanol–water partition coefficient (Wildman–Crippen LogP) is 4.73. The number of halogens is 1. The molecule has 176 valence electrons. The summed E-state index contributed by atoms with van der Waals surface area (Å²) in [6.07, 6.45) is -0.731. The molecule has 0 aliphatic carbocycles. The minimum atomic E-state index is -0.501. The van der Waals surface area contributed by atoms with E-state index in [0.717, 1.165) is 16.7 Å². The maximum absolute atomic E-state index is 11.5. The van der Waals surface area contributed by atoms with Crippen LogP contribution in [0.2, 0.25) is 5.02 Å². The van der Waals surface area contributed by atoms with Crippen LogP contribution < -0.4 is 5.69 Å². The van der Waals surface area contributed by atoms with Gasteiger partial charge in [0.05, 0.1) is 25.3 Å². The molecule has 2 heterocycles. The van der Waals surface area contributed by atoms with Crippen molar-refractivity contribution in [3.05, 3.63) is 86.6 Å². The van der Waals surface area contributed by atoms with E-state index in [2.05, 4.69) is 59.1 Å². The SMILES string of the molecule is CC(OC1OCCN(Cc2n[nH]c(=O)[nH]2)C1c1ccccc1)c1cc(Cl)cc(C(C)(C)C)c1. The molecular weight excluding hydrogens is 440 g/mol. The van der Waals surface area contributed by atoms with Gasteiger partial charge in [-0.25, -0.2) is 9.89 Å². The van der Waals surface area contributed by atoms with E-state index >= 15 is 0 Å². The monoisotopic (exact) mass is 470 g/mol. The molecule has 7 nitrogen and oxygen atoms in total. The zero-order valence-corrected chi connectivity index (χ0v) is 20.2. The van der Waals surface area contributed by atoms with Gasteiger partial charge in [0.25, 0.3) is 0 Å². The molecule has 2 aromatic carbocycles. The average Bonchev–Trinajstić information content (AvgIpc) is 3.18. The molecule has 1 aliphatic heterocycles. The van der Waals surface area contributed by atoms with E-state index in [-0.39, 0.29) is 23.3 Å². The second-order valence-electron chi connectivity index (χ2n) is 9.49. The molecule has 1 saturated heterocycles. The van der Waals surface area contributed by atoms with Crippen LogP contribution >= 0.6 is 11.6 Å². The highest BCUT2D eigenvalue weighted by atomic mass is 35.5. The van der Waals surface area contributed by atoms with Crippen LogP contribution in [0.5, 0.6) is 0 Å². The fraction of sp³-hybridized carbons (Fsp3) is 0.440. The summed E-state index contributed by atoms with van der Waals surface area (Å²) in [6, 6.07) is 16.1. The largest absolute Gasteiger partial charge is 0.349 e. The highest BCUT2D eigenvalue weighted by molar-refractivity contribution is 6.30. The Bertz CT molecular complexity index is 1120. The lowest BCUT2D eigenvalue weighted by atomic mass is 9.86. The number of H-pyrrole nitrogens is 2. The van der Waals surface area contributed by atoms with Crippen molar-refractivity contribution in [2.45, 2.75) is 58.1 Å². The molecule has 33 heavy (non-hydrogen) atoms. The van der Waals surface area contributed by atoms with Crippen molar-refractivity contribution in [1.82, 2.24) is 20.1 Å². The molecule has 3 unspecified atom stereocenters. The number of ether oxygens (including phenoxy) is 2. The fourth-order valence-electron chi connectivity index (χ4n) is 4.13. The normalized spacial score (nSPS) is 20.6. The van der Waals surface area contributed by atoms with Gasteiger partial charge in [-0.3, -0.25) is 9.88 Å². The zero-order chi connectivity index (χ0) is 23.6. The Balaban J connectivity index is 1.61. The van der Waals surface area contributed by atoms with Gasteiger partial charge >= 0.3 is 5.69 Å². The number of benzene rings is 2. The Morgan fingerprint density at radius 2 is 2.00 bits per heavy atom. The molecule has 0 radical (unpaired) electrons. The van der Waals surface area contributed by atoms with Gasteiger partial charge in [0.2, 0.25) is 0 Å². The average molecular weight is 471 g/mol. The topological polar surface area (TPSA) is 83.2 Å². The molecule has 4 rings (SSSR count). The van der Waals surface area contributed by atoms with E-state index < -0.39 is 6.29 Å². The smallest absolute Gasteiger partial charge is 0.340 e. The first-order chi connectivity index (χ1) is 15.7. The van der Waals surface area contributed by atoms with Crippen molar-refractivity contribution in [3.63, 3.8) is 0 Å². The van der Waals surface area contributed by atoms with E-state index in [1.165, 1.54) is 0 Å². The number of hydrogen-bond donors (Lipinski definition) is 2. The van der Waals surface area contributed by atoms with Gasteiger partial charge in [0, 0.05) is 11.6 Å². The maximum Gasteiger partial charge on any atom is 0.340 e. The Morgan fingerprint density at radius 1 is 1.24 bits per heavy atom. The van der Waals surface area contributed by atoms with Crippen molar-refractivity contribution in [2.24, 2.45) is 0 Å². The van der Waals surface area contributed by atoms with Gasteiger partial charge in [0.1, 0.15) is 5.82 Å². The van der Waals surface area contributed by atoms with Crippen LogP contribution in [0, 0.1) is 0 Å². The molecule has 1 aromatic heterocycles. The number of hydrogen-bond acceptors (Lipinski definition) is 5. The summed E-state index contributed by atoms with van der Waals surface area (Å²) in [6.45, 7) is 10.2. The Morgan fingerprint density at radius 3 is 2.67 bits per heavy atom. The molecular formula is C25H31ClN4O3. The minimum absolute atomic E-state index is 0.0233. The highest BCUT2D eigenvalue weighted by Gasteiger charge is 2.36. The van der Waals surface area contributed by atoms with Crippen LogP contribution in [0.1, 0.15) is 62.4 Å². The number of nitrogens with zero attached hydrogens (tertiary/aromatic N) is 2. The minimum Gasteiger partial charge on any atom is -0.349 e. The Hall–Kier alpha value is -2.45. The highest BCUT2D eigenvalue weighted by Crippen LogP contribution is 2.36. The van der Waals surface area contributed by atoms with Crippen LogP contribution in [0.3, 0.4) is 0 Å². The number of rotatable bonds is 6. The number of aromatic nitrogens is 3. The molecule has 8 heteroatoms. The van der Waals surface area contributed by atoms with Crippen LogP contribution in [0.15, 0.2) is 53.3 Å². The molecule has 0 bridgehead atoms. The van der Waals surface area contributed by atoms with E-state index in [0.29, 0.717) is 30.5 Å². The predicted molar refractivity (Wildman–Crippen MR) is 128 cm³/mol. The molecule has 0 amide bonds. The van der Waals surface area contributed by atoms with Gasteiger partial charge in [-0.15, -0.1) is 0 Å². The lowest BCUT2D eigenvalue weighted by Crippen LogP contribution is -2.46. The molecule has 0 saturated carbocycles. The molecule has 3 aromatic rings. The summed E-state index contributed by atoms with van der Waals surface area (Å²) in [5.74, 6) is 0.583. The molecule has 1 aliphatic rings. The quantitative estimate of drug-likeness (QED) is 0.544. The Kier molecular flexibility index (Phi) is 7.05. The third-order valence-electron chi connectivity index (χ3n) is 5.95. The van der Waals surface area contributed by atoms with Crippen LogP contribution in [-0.4, -0.2) is 39.5 Å². The van der Waals surface area contributed by atoms with Crippen molar-refractivity contribution in [1.29, 1.82) is 0 Å². The summed E-state index contributed by atoms with van der Waals surface area (Å²) in [4.78, 5) is 16.5. The van der Waals surface area contributed by atoms with Gasteiger partial charge in [-0.1, -0.05) is 68.8 Å². The Labute approximate surface area is 199 Å². The third-order valence-corrected chi connectivity index (χ3v) is 6.17. The van der Waals surface area contributed by atoms with Gasteiger partial charge in [-0.2, -0.15) is 5.10 Å². The zero-order valence-electron chi connectivity index (χ0n) is 19.5. The summed E-state index contributed by atoms with van der Waals surface area (Å²) in [5.41, 5.74) is 2.91. The standard InChI is InChI=1S/C25H31ClN4O3/c1-16(18-12-19(25(2,3)4)14-20(26)13-18)33-23-22(17-8-6-5-7-9-17)30(10-11-32-23)15-21-27-24(31)29-28-21/h5-9,12-14,16,22-23H,10-11,15H2,1-4H3,(H2,27,28,29,31). The van der Waals surface area contributed by atoms with E-state index in [9.17, 15) is 4.79 Å². The molecule has 1 fully saturated rings. The lowest BCUT2D eigenvalue weighted by molar-refractivity contribution is -0.231. The van der Waals surface area contributed by atoms with Gasteiger partial charge in [-0.05, 0) is 41.2 Å². The van der Waals surface area contributed by atoms with Crippen molar-refractivity contribution < 1.29 is 9.47 Å². The van der Waals surface area contributed by atoms with Crippen LogP contribution in [-0.2, 0) is 21.4 Å². The van der Waals surface area contributed by atoms with Crippen molar-refractivity contribution in [2.75, 3.05) is 13.2 Å². The molecule has 3 atom stereocenters. The van der Waals surface area contributed by atoms with E-state index in [4.69, 9.17) is 21.1 Å². The summed E-state index contributed by atoms with van der Waals surface area (Å²) >= 11 is 6.45. The third kappa shape index (κ3) is 5.73. The van der Waals surface area contributed by atoms with Crippen molar-refractivity contribution in [3.8, 4) is 0 Å². The first-order valence-electron chi connectivity index (χ1n) is 11.2. The molecule has 2 N–H and O–H groups in total. The summed E-state index contributed by atoms with van der Waals surface area (Å²) in [7, 11) is 0. The fourth-order valence-corrected chi connectivity index (χ4v) is 4.37. The lowest BCUT2D eigenvalue weighted by Gasteiger charge is -2.41. The van der Waals surface area contributed by atoms with Crippen LogP contribution in [0.25, 0.3) is 0 Å². The number of morpholine rings is 1. The maximum atomic E-state index is 11.5. The second kappa shape index (κ2) is 9.81. The summed E-state index contributed by atoms with van der Waals surface area (Å²) < 4.78 is 12.7. The van der Waals surface area contributed by atoms with E-state index in [1.54, 1.807) is 0 Å². The second-order valence-corrected chi connectivity index (χ2v) is 9.93. The first kappa shape index (κ1) is 23.7. The molecule has 0 spiro atoms. The van der Waals surface area contributed by atoms with Gasteiger partial charge in [0.15, 0.2) is 6.29 Å². The van der Waals surface area contributed by atoms with E-state index in [1.807, 2.05) is 37.3 Å². The number of aromatic amines is 2. The number of nitrogens with one attached hydrogen (secondary N) is 2. The van der Waals surface area contributed by atoms with Crippen molar-refractivity contribution >= 4 is 11.6 Å².